The smallest absolute Gasteiger partial charge is 0.340 e. The molecule has 1 N–H and O–H groups in total. The Hall–Kier alpha value is -2.10. The molecule has 32 heavy (non-hydrogen) atoms. The number of aromatic nitrogens is 2. The third-order valence-electron chi connectivity index (χ3n) is 5.84. The molecule has 1 aromatic heterocycles. The van der Waals surface area contributed by atoms with Crippen LogP contribution in [0.2, 0.25) is 0 Å². The molecule has 2 atom stereocenters. The van der Waals surface area contributed by atoms with Crippen molar-refractivity contribution in [2.24, 2.45) is 0 Å². The number of hydrazine groups is 1. The summed E-state index contributed by atoms with van der Waals surface area (Å²) in [6.45, 7) is 2.91. The maximum atomic E-state index is 13.2. The van der Waals surface area contributed by atoms with Gasteiger partial charge in [0.25, 0.3) is 0 Å². The molecule has 5 rings (SSSR count). The second kappa shape index (κ2) is 8.35. The van der Waals surface area contributed by atoms with E-state index >= 15 is 0 Å². The molecular formula is C23H22F3N4S2. The fourth-order valence-electron chi connectivity index (χ4n) is 4.32. The molecule has 1 radical (unpaired) electrons. The molecule has 9 heteroatoms. The fraction of sp³-hybridized carbons (Fsp3) is 0.348. The zero-order chi connectivity index (χ0) is 22.5. The van der Waals surface area contributed by atoms with Gasteiger partial charge in [-0.15, -0.1) is 11.8 Å². The van der Waals surface area contributed by atoms with E-state index in [1.165, 1.54) is 23.9 Å². The van der Waals surface area contributed by atoms with Crippen molar-refractivity contribution in [3.63, 3.8) is 0 Å². The molecule has 167 valence electrons. The molecule has 1 fully saturated rings. The lowest BCUT2D eigenvalue weighted by Crippen LogP contribution is -2.41. The number of rotatable bonds is 4. The number of alkyl halides is 3. The molecule has 2 aliphatic heterocycles. The van der Waals surface area contributed by atoms with Gasteiger partial charge in [0.1, 0.15) is 5.82 Å². The van der Waals surface area contributed by atoms with E-state index in [0.29, 0.717) is 5.56 Å². The van der Waals surface area contributed by atoms with Gasteiger partial charge in [0.05, 0.1) is 34.2 Å². The quantitative estimate of drug-likeness (QED) is 0.433. The molecular weight excluding hydrogens is 453 g/mol. The number of aromatic amines is 1. The summed E-state index contributed by atoms with van der Waals surface area (Å²) in [5.41, 5.74) is 1.91. The van der Waals surface area contributed by atoms with Gasteiger partial charge in [0.15, 0.2) is 0 Å². The van der Waals surface area contributed by atoms with Crippen LogP contribution in [0.3, 0.4) is 0 Å². The highest BCUT2D eigenvalue weighted by atomic mass is 32.2. The lowest BCUT2D eigenvalue weighted by Gasteiger charge is -2.34. The third-order valence-corrected chi connectivity index (χ3v) is 7.72. The van der Waals surface area contributed by atoms with E-state index in [-0.39, 0.29) is 11.4 Å². The summed E-state index contributed by atoms with van der Waals surface area (Å²) in [5, 5.41) is 4.32. The van der Waals surface area contributed by atoms with Crippen LogP contribution < -0.4 is 0 Å². The van der Waals surface area contributed by atoms with Crippen LogP contribution in [-0.4, -0.2) is 38.2 Å². The van der Waals surface area contributed by atoms with Crippen LogP contribution in [0, 0.1) is 6.20 Å². The Morgan fingerprint density at radius 1 is 1.22 bits per heavy atom. The summed E-state index contributed by atoms with van der Waals surface area (Å²) in [6.07, 6.45) is 3.03. The summed E-state index contributed by atoms with van der Waals surface area (Å²) in [6, 6.07) is 11.7. The van der Waals surface area contributed by atoms with Crippen molar-refractivity contribution in [2.75, 3.05) is 12.8 Å². The first kappa shape index (κ1) is 21.7. The van der Waals surface area contributed by atoms with Crippen LogP contribution in [0.15, 0.2) is 47.4 Å². The van der Waals surface area contributed by atoms with Gasteiger partial charge in [-0.2, -0.15) is 13.2 Å². The number of H-pyrrole nitrogens is 1. The van der Waals surface area contributed by atoms with Crippen molar-refractivity contribution in [3.05, 3.63) is 65.6 Å². The van der Waals surface area contributed by atoms with Crippen LogP contribution in [0.1, 0.15) is 42.8 Å². The summed E-state index contributed by atoms with van der Waals surface area (Å²) in [4.78, 5) is 10.3. The number of benzene rings is 2. The number of nitrogens with one attached hydrogen (secondary N) is 1. The van der Waals surface area contributed by atoms with E-state index in [2.05, 4.69) is 35.4 Å². The Kier molecular flexibility index (Phi) is 5.67. The van der Waals surface area contributed by atoms with Crippen LogP contribution in [0.25, 0.3) is 15.9 Å². The monoisotopic (exact) mass is 475 g/mol. The van der Waals surface area contributed by atoms with Gasteiger partial charge in [-0.25, -0.2) is 9.99 Å². The number of para-hydroxylation sites is 1. The predicted molar refractivity (Wildman–Crippen MR) is 124 cm³/mol. The molecule has 1 saturated heterocycles. The Bertz CT molecular complexity index is 1170. The van der Waals surface area contributed by atoms with E-state index in [1.54, 1.807) is 17.8 Å². The van der Waals surface area contributed by atoms with Crippen LogP contribution in [-0.2, 0) is 6.18 Å². The molecule has 2 aliphatic rings. The minimum Gasteiger partial charge on any atom is -0.340 e. The summed E-state index contributed by atoms with van der Waals surface area (Å²) >= 11 is 3.22. The number of hydrogen-bond donors (Lipinski definition) is 1. The zero-order valence-electron chi connectivity index (χ0n) is 17.6. The standard InChI is InChI=1S/C23H22F3N4S2/c1-14-30(13-20(32-14)15-6-3-7-16(12-15)23(24,25)26)29-11-5-9-18(29)22-27-17-8-4-10-19(31-2)21(17)28-22/h3-4,6-8,10,12,14,18H,5,9,11H2,1-2H3,(H,27,28)/t14?,18-/m0/s1. The molecule has 0 saturated carbocycles. The van der Waals surface area contributed by atoms with Gasteiger partial charge in [-0.3, -0.25) is 5.01 Å². The molecule has 3 aromatic rings. The number of nitrogens with zero attached hydrogens (tertiary/aromatic N) is 3. The normalized spacial score (nSPS) is 22.2. The highest BCUT2D eigenvalue weighted by molar-refractivity contribution is 8.09. The van der Waals surface area contributed by atoms with Crippen LogP contribution in [0.5, 0.6) is 0 Å². The molecule has 0 spiro atoms. The Labute approximate surface area is 193 Å². The SMILES string of the molecule is CSc1cccc2nc([C@@H]3CCCN3N3[C]=C(c4cccc(C(F)(F)F)c4)SC3C)[nH]c12. The zero-order valence-corrected chi connectivity index (χ0v) is 19.2. The van der Waals surface area contributed by atoms with Gasteiger partial charge in [0, 0.05) is 16.3 Å². The first-order valence-electron chi connectivity index (χ1n) is 10.4. The van der Waals surface area contributed by atoms with Gasteiger partial charge in [0.2, 0.25) is 0 Å². The average molecular weight is 476 g/mol. The molecule has 0 bridgehead atoms. The highest BCUT2D eigenvalue weighted by Crippen LogP contribution is 2.44. The van der Waals surface area contributed by atoms with Crippen LogP contribution >= 0.6 is 23.5 Å². The molecule has 3 heterocycles. The molecule has 1 unspecified atom stereocenters. The third kappa shape index (κ3) is 3.91. The number of halogens is 3. The summed E-state index contributed by atoms with van der Waals surface area (Å²) in [7, 11) is 0. The van der Waals surface area contributed by atoms with E-state index in [4.69, 9.17) is 4.98 Å². The van der Waals surface area contributed by atoms with Gasteiger partial charge in [-0.1, -0.05) is 30.0 Å². The van der Waals surface area contributed by atoms with Crippen molar-refractivity contribution in [1.29, 1.82) is 0 Å². The minimum atomic E-state index is -4.36. The Morgan fingerprint density at radius 3 is 2.81 bits per heavy atom. The van der Waals surface area contributed by atoms with Crippen molar-refractivity contribution in [1.82, 2.24) is 20.0 Å². The predicted octanol–water partition coefficient (Wildman–Crippen LogP) is 6.55. The lowest BCUT2D eigenvalue weighted by molar-refractivity contribution is -0.137. The Morgan fingerprint density at radius 2 is 2.03 bits per heavy atom. The Balaban J connectivity index is 1.45. The number of fused-ring (bicyclic) bond motifs is 1. The van der Waals surface area contributed by atoms with E-state index in [0.717, 1.165) is 52.1 Å². The van der Waals surface area contributed by atoms with Gasteiger partial charge < -0.3 is 4.98 Å². The summed E-state index contributed by atoms with van der Waals surface area (Å²) in [5.74, 6) is 0.922. The van der Waals surface area contributed by atoms with E-state index in [9.17, 15) is 13.2 Å². The molecule has 0 aliphatic carbocycles. The fourth-order valence-corrected chi connectivity index (χ4v) is 5.92. The second-order valence-electron chi connectivity index (χ2n) is 7.88. The summed E-state index contributed by atoms with van der Waals surface area (Å²) < 4.78 is 39.5. The number of imidazole rings is 1. The highest BCUT2D eigenvalue weighted by Gasteiger charge is 2.38. The van der Waals surface area contributed by atoms with E-state index < -0.39 is 11.7 Å². The maximum Gasteiger partial charge on any atom is 0.416 e. The number of thioether (sulfide) groups is 2. The lowest BCUT2D eigenvalue weighted by atomic mass is 10.1. The second-order valence-corrected chi connectivity index (χ2v) is 10.1. The maximum absolute atomic E-state index is 13.2. The van der Waals surface area contributed by atoms with Crippen molar-refractivity contribution >= 4 is 39.5 Å². The minimum absolute atomic E-state index is 0.0336. The molecule has 0 amide bonds. The first-order valence-corrected chi connectivity index (χ1v) is 12.5. The van der Waals surface area contributed by atoms with E-state index in [1.807, 2.05) is 17.1 Å². The topological polar surface area (TPSA) is 35.2 Å². The molecule has 4 nitrogen and oxygen atoms in total. The van der Waals surface area contributed by atoms with Crippen molar-refractivity contribution < 1.29 is 13.2 Å². The van der Waals surface area contributed by atoms with Gasteiger partial charge in [-0.05, 0) is 55.9 Å². The van der Waals surface area contributed by atoms with Crippen molar-refractivity contribution in [2.45, 2.75) is 42.3 Å². The number of hydrogen-bond acceptors (Lipinski definition) is 5. The van der Waals surface area contributed by atoms with Crippen molar-refractivity contribution in [3.8, 4) is 0 Å². The molecule has 2 aromatic carbocycles. The largest absolute Gasteiger partial charge is 0.416 e. The van der Waals surface area contributed by atoms with Gasteiger partial charge >= 0.3 is 6.18 Å². The first-order chi connectivity index (χ1) is 15.3. The average Bonchev–Trinajstić information content (AvgIpc) is 3.50. The van der Waals surface area contributed by atoms with Crippen LogP contribution in [0.4, 0.5) is 13.2 Å².